The van der Waals surface area contributed by atoms with Gasteiger partial charge >= 0.3 is 0 Å². The lowest BCUT2D eigenvalue weighted by Gasteiger charge is -2.34. The fourth-order valence-electron chi connectivity index (χ4n) is 3.44. The number of carbonyl (C=O) groups is 1. The second kappa shape index (κ2) is 7.67. The van der Waals surface area contributed by atoms with Crippen molar-refractivity contribution >= 4 is 32.6 Å². The smallest absolute Gasteiger partial charge is 0.272 e. The van der Waals surface area contributed by atoms with Crippen molar-refractivity contribution in [1.82, 2.24) is 19.7 Å². The minimum atomic E-state index is 0.0339. The van der Waals surface area contributed by atoms with Crippen LogP contribution >= 0.6 is 11.3 Å². The molecule has 0 spiro atoms. The van der Waals surface area contributed by atoms with Crippen LogP contribution < -0.4 is 14.4 Å². The van der Waals surface area contributed by atoms with Gasteiger partial charge in [0.05, 0.1) is 14.2 Å². The van der Waals surface area contributed by atoms with E-state index in [1.807, 2.05) is 24.0 Å². The molecule has 0 aliphatic carbocycles. The minimum Gasteiger partial charge on any atom is -0.495 e. The number of methoxy groups -OCH3 is 2. The molecule has 0 atom stereocenters. The van der Waals surface area contributed by atoms with Crippen LogP contribution in [0.1, 0.15) is 17.4 Å². The zero-order valence-electron chi connectivity index (χ0n) is 16.2. The number of hydrogen-bond donors (Lipinski definition) is 0. The molecule has 4 rings (SSSR count). The summed E-state index contributed by atoms with van der Waals surface area (Å²) in [6.07, 6.45) is 1.68. The summed E-state index contributed by atoms with van der Waals surface area (Å²) in [6, 6.07) is 5.55. The molecule has 148 valence electrons. The number of amides is 1. The van der Waals surface area contributed by atoms with E-state index in [9.17, 15) is 4.79 Å². The fraction of sp³-hybridized carbons (Fsp3) is 0.421. The van der Waals surface area contributed by atoms with Gasteiger partial charge in [-0.1, -0.05) is 11.3 Å². The highest BCUT2D eigenvalue weighted by molar-refractivity contribution is 7.22. The van der Waals surface area contributed by atoms with Crippen molar-refractivity contribution in [2.24, 2.45) is 0 Å². The Labute approximate surface area is 167 Å². The molecule has 0 N–H and O–H groups in total. The molecule has 1 aliphatic rings. The molecule has 8 nitrogen and oxygen atoms in total. The monoisotopic (exact) mass is 401 g/mol. The number of fused-ring (bicyclic) bond motifs is 1. The molecule has 1 saturated heterocycles. The lowest BCUT2D eigenvalue weighted by atomic mass is 10.3. The quantitative estimate of drug-likeness (QED) is 0.654. The van der Waals surface area contributed by atoms with E-state index in [-0.39, 0.29) is 5.91 Å². The van der Waals surface area contributed by atoms with Gasteiger partial charge in [0.1, 0.15) is 27.4 Å². The number of hydrogen-bond acceptors (Lipinski definition) is 7. The first kappa shape index (κ1) is 18.5. The molecule has 1 aromatic carbocycles. The average Bonchev–Trinajstić information content (AvgIpc) is 3.39. The molecular weight excluding hydrogens is 378 g/mol. The summed E-state index contributed by atoms with van der Waals surface area (Å²) in [4.78, 5) is 21.7. The van der Waals surface area contributed by atoms with Crippen LogP contribution in [0.25, 0.3) is 10.2 Å². The predicted octanol–water partition coefficient (Wildman–Crippen LogP) is 2.49. The van der Waals surface area contributed by atoms with Crippen molar-refractivity contribution in [3.05, 3.63) is 30.1 Å². The third kappa shape index (κ3) is 3.15. The van der Waals surface area contributed by atoms with Crippen molar-refractivity contribution in [2.75, 3.05) is 45.3 Å². The van der Waals surface area contributed by atoms with Gasteiger partial charge in [-0.15, -0.1) is 0 Å². The number of thiazole rings is 1. The highest BCUT2D eigenvalue weighted by Gasteiger charge is 2.26. The van der Waals surface area contributed by atoms with Gasteiger partial charge in [-0.2, -0.15) is 5.10 Å². The van der Waals surface area contributed by atoms with E-state index >= 15 is 0 Å². The number of anilines is 1. The van der Waals surface area contributed by atoms with Crippen LogP contribution in [0, 0.1) is 0 Å². The second-order valence-electron chi connectivity index (χ2n) is 6.46. The normalized spacial score (nSPS) is 14.5. The first-order chi connectivity index (χ1) is 13.7. The predicted molar refractivity (Wildman–Crippen MR) is 109 cm³/mol. The molecule has 1 aliphatic heterocycles. The summed E-state index contributed by atoms with van der Waals surface area (Å²) in [5.41, 5.74) is 1.46. The van der Waals surface area contributed by atoms with E-state index in [0.717, 1.165) is 39.9 Å². The van der Waals surface area contributed by atoms with E-state index in [4.69, 9.17) is 14.5 Å². The Balaban J connectivity index is 1.52. The van der Waals surface area contributed by atoms with E-state index in [1.165, 1.54) is 0 Å². The Morgan fingerprint density at radius 3 is 2.50 bits per heavy atom. The molecule has 0 saturated carbocycles. The van der Waals surface area contributed by atoms with E-state index < -0.39 is 0 Å². The van der Waals surface area contributed by atoms with Crippen LogP contribution in [-0.2, 0) is 6.54 Å². The van der Waals surface area contributed by atoms with Crippen LogP contribution in [-0.4, -0.2) is 66.0 Å². The number of aromatic nitrogens is 3. The summed E-state index contributed by atoms with van der Waals surface area (Å²) >= 11 is 1.59. The number of nitrogens with zero attached hydrogens (tertiary/aromatic N) is 5. The molecule has 0 unspecified atom stereocenters. The highest BCUT2D eigenvalue weighted by Crippen LogP contribution is 2.40. The molecule has 3 aromatic rings. The van der Waals surface area contributed by atoms with Crippen LogP contribution in [0.2, 0.25) is 0 Å². The van der Waals surface area contributed by atoms with E-state index in [1.54, 1.807) is 42.5 Å². The molecule has 1 fully saturated rings. The van der Waals surface area contributed by atoms with Crippen molar-refractivity contribution < 1.29 is 14.3 Å². The fourth-order valence-corrected chi connectivity index (χ4v) is 4.56. The maximum absolute atomic E-state index is 12.8. The number of carbonyl (C=O) groups excluding carboxylic acids is 1. The maximum atomic E-state index is 12.8. The molecule has 3 heterocycles. The Kier molecular flexibility index (Phi) is 5.08. The van der Waals surface area contributed by atoms with Gasteiger partial charge in [-0.3, -0.25) is 9.48 Å². The number of piperazine rings is 1. The Morgan fingerprint density at radius 1 is 1.11 bits per heavy atom. The maximum Gasteiger partial charge on any atom is 0.272 e. The van der Waals surface area contributed by atoms with Crippen molar-refractivity contribution in [3.63, 3.8) is 0 Å². The van der Waals surface area contributed by atoms with Gasteiger partial charge < -0.3 is 19.3 Å². The molecular formula is C19H23N5O3S. The summed E-state index contributed by atoms with van der Waals surface area (Å²) in [5, 5.41) is 5.12. The van der Waals surface area contributed by atoms with Crippen molar-refractivity contribution in [1.29, 1.82) is 0 Å². The first-order valence-corrected chi connectivity index (χ1v) is 10.1. The van der Waals surface area contributed by atoms with Crippen LogP contribution in [0.4, 0.5) is 5.13 Å². The van der Waals surface area contributed by atoms with Gasteiger partial charge in [0.15, 0.2) is 5.13 Å². The Hall–Kier alpha value is -2.81. The van der Waals surface area contributed by atoms with E-state index in [0.29, 0.717) is 25.3 Å². The first-order valence-electron chi connectivity index (χ1n) is 9.23. The second-order valence-corrected chi connectivity index (χ2v) is 7.43. The van der Waals surface area contributed by atoms with Gasteiger partial charge in [-0.05, 0) is 25.1 Å². The lowest BCUT2D eigenvalue weighted by molar-refractivity contribution is 0.0734. The van der Waals surface area contributed by atoms with Crippen molar-refractivity contribution in [3.8, 4) is 11.5 Å². The summed E-state index contributed by atoms with van der Waals surface area (Å²) < 4.78 is 13.6. The SMILES string of the molecule is CCn1nccc1C(=O)N1CCN(c2nc3c(OC)ccc(OC)c3s2)CC1. The average molecular weight is 401 g/mol. The summed E-state index contributed by atoms with van der Waals surface area (Å²) in [7, 11) is 3.30. The number of aryl methyl sites for hydroxylation is 1. The van der Waals surface area contributed by atoms with Gasteiger partial charge in [-0.25, -0.2) is 4.98 Å². The topological polar surface area (TPSA) is 72.7 Å². The Morgan fingerprint density at radius 2 is 1.82 bits per heavy atom. The molecule has 28 heavy (non-hydrogen) atoms. The Bertz CT molecular complexity index is 950. The van der Waals surface area contributed by atoms with Crippen LogP contribution in [0.15, 0.2) is 24.4 Å². The largest absolute Gasteiger partial charge is 0.495 e. The third-order valence-electron chi connectivity index (χ3n) is 4.97. The minimum absolute atomic E-state index is 0.0339. The van der Waals surface area contributed by atoms with Crippen molar-refractivity contribution in [2.45, 2.75) is 13.5 Å². The van der Waals surface area contributed by atoms with Crippen LogP contribution in [0.5, 0.6) is 11.5 Å². The highest BCUT2D eigenvalue weighted by atomic mass is 32.1. The number of rotatable bonds is 5. The number of benzene rings is 1. The zero-order valence-corrected chi connectivity index (χ0v) is 17.0. The molecule has 0 bridgehead atoms. The third-order valence-corrected chi connectivity index (χ3v) is 6.10. The zero-order chi connectivity index (χ0) is 19.7. The molecule has 1 amide bonds. The van der Waals surface area contributed by atoms with Crippen LogP contribution in [0.3, 0.4) is 0 Å². The van der Waals surface area contributed by atoms with Gasteiger partial charge in [0.25, 0.3) is 5.91 Å². The molecule has 9 heteroatoms. The molecule has 2 aromatic heterocycles. The molecule has 0 radical (unpaired) electrons. The summed E-state index contributed by atoms with van der Waals surface area (Å²) in [6.45, 7) is 5.43. The standard InChI is InChI=1S/C19H23N5O3S/c1-4-24-13(7-8-20-24)18(25)22-9-11-23(12-10-22)19-21-16-14(26-2)5-6-15(27-3)17(16)28-19/h5-8H,4,9-12H2,1-3H3. The van der Waals surface area contributed by atoms with E-state index in [2.05, 4.69) is 10.00 Å². The number of ether oxygens (including phenoxy) is 2. The van der Waals surface area contributed by atoms with Gasteiger partial charge in [0, 0.05) is 38.9 Å². The van der Waals surface area contributed by atoms with Gasteiger partial charge in [0.2, 0.25) is 0 Å². The summed E-state index contributed by atoms with van der Waals surface area (Å²) in [5.74, 6) is 1.56. The lowest BCUT2D eigenvalue weighted by Crippen LogP contribution is -2.49.